The van der Waals surface area contributed by atoms with E-state index in [9.17, 15) is 0 Å². The highest BCUT2D eigenvalue weighted by Gasteiger charge is 1.76. The van der Waals surface area contributed by atoms with Crippen molar-refractivity contribution in [2.24, 2.45) is 0 Å². The molecule has 0 radical (unpaired) electrons. The summed E-state index contributed by atoms with van der Waals surface area (Å²) in [6.45, 7) is 0.755. The molecule has 0 bridgehead atoms. The predicted molar refractivity (Wildman–Crippen MR) is 35.8 cm³/mol. The van der Waals surface area contributed by atoms with Crippen LogP contribution in [-0.4, -0.2) is 19.3 Å². The summed E-state index contributed by atoms with van der Waals surface area (Å²) in [4.78, 5) is 0. The second kappa shape index (κ2) is 5.54. The van der Waals surface area contributed by atoms with E-state index in [1.165, 1.54) is 0 Å². The summed E-state index contributed by atoms with van der Waals surface area (Å²) in [7, 11) is 0.775. The molecule has 0 spiro atoms. The summed E-state index contributed by atoms with van der Waals surface area (Å²) in [5, 5.41) is 0. The largest absolute Gasteiger partial charge is 0.378 e. The fourth-order valence-electron chi connectivity index (χ4n) is 0.0900. The number of rotatable bonds is 3. The molecule has 0 unspecified atom stereocenters. The lowest BCUT2D eigenvalue weighted by atomic mass is 10.6. The molecule has 0 aliphatic carbocycles. The quantitative estimate of drug-likeness (QED) is 0.311. The molecule has 0 aromatic carbocycles. The summed E-state index contributed by atoms with van der Waals surface area (Å²) in [5.74, 6) is 0. The van der Waals surface area contributed by atoms with Crippen LogP contribution in [0.25, 0.3) is 0 Å². The van der Waals surface area contributed by atoms with Gasteiger partial charge < -0.3 is 4.44 Å². The summed E-state index contributed by atoms with van der Waals surface area (Å²) in [6.07, 6.45) is 5.45. The van der Waals surface area contributed by atoms with Crippen molar-refractivity contribution in [1.29, 1.82) is 0 Å². The Kier molecular flexibility index (Phi) is 6.05. The molecule has 1 nitrogen and oxygen atoms in total. The van der Waals surface area contributed by atoms with Gasteiger partial charge in [0.15, 0.2) is 0 Å². The minimum Gasteiger partial charge on any atom is -0.378 e. The molecule has 0 rings (SSSR count). The van der Waals surface area contributed by atoms with Gasteiger partial charge in [-0.25, -0.2) is 0 Å². The van der Waals surface area contributed by atoms with Gasteiger partial charge in [-0.15, -0.1) is 0 Å². The third kappa shape index (κ3) is 4.54. The first-order chi connectivity index (χ1) is 2.91. The van der Waals surface area contributed by atoms with Crippen LogP contribution in [0.1, 0.15) is 0 Å². The standard InChI is InChI=1S/C2H6BOPS/c1-5-4-3-6-2/h3H,1H2,2H3. The molecular formula is C2H6BOPS. The molecule has 0 N–H and O–H groups in total. The molecule has 6 heavy (non-hydrogen) atoms. The van der Waals surface area contributed by atoms with Gasteiger partial charge in [0.2, 0.25) is 0 Å². The SMILES string of the molecule is C=POBSC. The molecule has 0 saturated heterocycles. The Morgan fingerprint density at radius 3 is 2.83 bits per heavy atom. The van der Waals surface area contributed by atoms with Crippen molar-refractivity contribution in [2.45, 2.75) is 0 Å². The van der Waals surface area contributed by atoms with Crippen molar-refractivity contribution in [3.8, 4) is 0 Å². The molecule has 0 aromatic rings. The van der Waals surface area contributed by atoms with E-state index in [0.29, 0.717) is 0 Å². The van der Waals surface area contributed by atoms with E-state index < -0.39 is 0 Å². The van der Waals surface area contributed by atoms with Gasteiger partial charge in [-0.1, -0.05) is 0 Å². The Morgan fingerprint density at radius 1 is 2.00 bits per heavy atom. The van der Waals surface area contributed by atoms with Crippen LogP contribution < -0.4 is 0 Å². The van der Waals surface area contributed by atoms with Crippen molar-refractivity contribution >= 4 is 33.1 Å². The maximum atomic E-state index is 4.81. The topological polar surface area (TPSA) is 9.23 Å². The fourth-order valence-corrected chi connectivity index (χ4v) is 0.810. The van der Waals surface area contributed by atoms with E-state index in [0.717, 1.165) is 15.2 Å². The zero-order valence-electron chi connectivity index (χ0n) is 3.68. The number of hydrogen-bond donors (Lipinski definition) is 0. The van der Waals surface area contributed by atoms with E-state index in [-0.39, 0.29) is 0 Å². The van der Waals surface area contributed by atoms with Gasteiger partial charge in [-0.3, -0.25) is 0 Å². The highest BCUT2D eigenvalue weighted by molar-refractivity contribution is 8.21. The molecule has 4 heteroatoms. The van der Waals surface area contributed by atoms with Crippen molar-refractivity contribution in [1.82, 2.24) is 0 Å². The highest BCUT2D eigenvalue weighted by Crippen LogP contribution is 1.96. The third-order valence-corrected chi connectivity index (χ3v) is 1.10. The average Bonchev–Trinajstić information content (AvgIpc) is 1.61. The zero-order chi connectivity index (χ0) is 4.83. The summed E-state index contributed by atoms with van der Waals surface area (Å²) >= 11 is 1.66. The third-order valence-electron chi connectivity index (χ3n) is 0.262. The lowest BCUT2D eigenvalue weighted by molar-refractivity contribution is 0.716. The molecule has 0 heterocycles. The summed E-state index contributed by atoms with van der Waals surface area (Å²) < 4.78 is 4.81. The molecule has 0 atom stereocenters. The van der Waals surface area contributed by atoms with Crippen molar-refractivity contribution in [3.63, 3.8) is 0 Å². The minimum absolute atomic E-state index is 0.755. The maximum absolute atomic E-state index is 4.81. The first-order valence-corrected chi connectivity index (χ1v) is 3.88. The van der Waals surface area contributed by atoms with E-state index >= 15 is 0 Å². The maximum Gasteiger partial charge on any atom is 0.353 e. The van der Waals surface area contributed by atoms with Crippen LogP contribution in [0.15, 0.2) is 0 Å². The monoisotopic (exact) mass is 120 g/mol. The van der Waals surface area contributed by atoms with Crippen LogP contribution in [0.3, 0.4) is 0 Å². The van der Waals surface area contributed by atoms with Gasteiger partial charge >= 0.3 is 6.76 Å². The Balaban J connectivity index is 2.49. The average molecular weight is 120 g/mol. The minimum atomic E-state index is 0.755. The Hall–Kier alpha value is 0.545. The van der Waals surface area contributed by atoms with Crippen LogP contribution in [0.5, 0.6) is 0 Å². The second-order valence-electron chi connectivity index (χ2n) is 0.665. The van der Waals surface area contributed by atoms with E-state index in [2.05, 4.69) is 6.30 Å². The summed E-state index contributed by atoms with van der Waals surface area (Å²) in [5.41, 5.74) is 0. The first kappa shape index (κ1) is 6.54. The first-order valence-electron chi connectivity index (χ1n) is 1.48. The van der Waals surface area contributed by atoms with E-state index in [1.807, 2.05) is 6.26 Å². The smallest absolute Gasteiger partial charge is 0.353 e. The molecule has 0 aliphatic heterocycles. The van der Waals surface area contributed by atoms with Gasteiger partial charge in [-0.05, 0) is 12.6 Å². The van der Waals surface area contributed by atoms with Crippen molar-refractivity contribution < 1.29 is 4.44 Å². The normalized spacial score (nSPS) is 8.83. The van der Waals surface area contributed by atoms with Crippen LogP contribution in [0, 0.1) is 0 Å². The van der Waals surface area contributed by atoms with Crippen LogP contribution in [0.2, 0.25) is 0 Å². The van der Waals surface area contributed by atoms with Crippen LogP contribution in [0.4, 0.5) is 0 Å². The van der Waals surface area contributed by atoms with Gasteiger partial charge in [-0.2, -0.15) is 11.6 Å². The lowest BCUT2D eigenvalue weighted by Gasteiger charge is -1.82. The van der Waals surface area contributed by atoms with E-state index in [1.54, 1.807) is 11.6 Å². The zero-order valence-corrected chi connectivity index (χ0v) is 5.39. The van der Waals surface area contributed by atoms with Gasteiger partial charge in [0.1, 0.15) is 0 Å². The predicted octanol–water partition coefficient (Wildman–Crippen LogP) is 0.926. The van der Waals surface area contributed by atoms with E-state index in [4.69, 9.17) is 4.44 Å². The molecule has 0 aromatic heterocycles. The highest BCUT2D eigenvalue weighted by atomic mass is 32.2. The Labute approximate surface area is 44.5 Å². The van der Waals surface area contributed by atoms with Gasteiger partial charge in [0.05, 0.1) is 0 Å². The molecule has 0 saturated carbocycles. The lowest BCUT2D eigenvalue weighted by Crippen LogP contribution is -1.75. The fraction of sp³-hybridized carbons (Fsp3) is 0.500. The van der Waals surface area contributed by atoms with Gasteiger partial charge in [0.25, 0.3) is 0 Å². The summed E-state index contributed by atoms with van der Waals surface area (Å²) in [6, 6.07) is 0. The molecule has 0 fully saturated rings. The molecule has 0 amide bonds. The van der Waals surface area contributed by atoms with Crippen molar-refractivity contribution in [2.75, 3.05) is 6.26 Å². The molecule has 0 aliphatic rings. The second-order valence-corrected chi connectivity index (χ2v) is 1.99. The Morgan fingerprint density at radius 2 is 2.67 bits per heavy atom. The van der Waals surface area contributed by atoms with Crippen LogP contribution >= 0.6 is 20.0 Å². The number of hydrogen-bond acceptors (Lipinski definition) is 2. The molecule has 34 valence electrons. The van der Waals surface area contributed by atoms with Gasteiger partial charge in [0, 0.05) is 8.43 Å². The van der Waals surface area contributed by atoms with Crippen LogP contribution in [-0.2, 0) is 4.44 Å². The molecular weight excluding hydrogens is 114 g/mol. The Bertz CT molecular complexity index is 42.5. The van der Waals surface area contributed by atoms with Crippen molar-refractivity contribution in [3.05, 3.63) is 0 Å².